The summed E-state index contributed by atoms with van der Waals surface area (Å²) in [7, 11) is 1.75. The number of rotatable bonds is 9. The lowest BCUT2D eigenvalue weighted by Crippen LogP contribution is -2.39. The molecular formula is C21H31FN6S. The zero-order valence-corrected chi connectivity index (χ0v) is 18.1. The van der Waals surface area contributed by atoms with Crippen molar-refractivity contribution in [3.05, 3.63) is 41.5 Å². The maximum atomic E-state index is 13.7. The molecule has 1 heterocycles. The standard InChI is InChI=1S/C21H31FN6S/c1-23-20(25-15-13-16-8-3-6-11-18(16)22)24-14-7-12-19-26-27-21(29-2)28(19)17-9-4-5-10-17/h3,6,8,11,17H,4-5,7,9-10,12-15H2,1-2H3,(H2,23,24,25). The van der Waals surface area contributed by atoms with Gasteiger partial charge in [-0.25, -0.2) is 4.39 Å². The summed E-state index contributed by atoms with van der Waals surface area (Å²) in [6.45, 7) is 1.43. The molecule has 0 spiro atoms. The van der Waals surface area contributed by atoms with Gasteiger partial charge in [-0.15, -0.1) is 10.2 Å². The second-order valence-corrected chi connectivity index (χ2v) is 8.06. The van der Waals surface area contributed by atoms with Gasteiger partial charge in [0.1, 0.15) is 11.6 Å². The Bertz CT molecular complexity index is 800. The van der Waals surface area contributed by atoms with Crippen molar-refractivity contribution in [2.24, 2.45) is 4.99 Å². The monoisotopic (exact) mass is 418 g/mol. The largest absolute Gasteiger partial charge is 0.356 e. The Kier molecular flexibility index (Phi) is 8.34. The Labute approximate surface area is 176 Å². The molecule has 1 saturated carbocycles. The average molecular weight is 419 g/mol. The summed E-state index contributed by atoms with van der Waals surface area (Å²) in [5, 5.41) is 16.4. The molecule has 0 saturated heterocycles. The van der Waals surface area contributed by atoms with E-state index in [2.05, 4.69) is 36.6 Å². The van der Waals surface area contributed by atoms with Crippen LogP contribution in [0, 0.1) is 5.82 Å². The minimum atomic E-state index is -0.159. The summed E-state index contributed by atoms with van der Waals surface area (Å²) in [6.07, 6.45) is 9.59. The highest BCUT2D eigenvalue weighted by Gasteiger charge is 2.23. The van der Waals surface area contributed by atoms with Crippen LogP contribution in [0.25, 0.3) is 0 Å². The van der Waals surface area contributed by atoms with E-state index in [0.29, 0.717) is 24.6 Å². The van der Waals surface area contributed by atoms with Crippen LogP contribution in [-0.4, -0.2) is 47.1 Å². The number of aryl methyl sites for hydroxylation is 1. The van der Waals surface area contributed by atoms with Crippen molar-refractivity contribution >= 4 is 17.7 Å². The lowest BCUT2D eigenvalue weighted by molar-refractivity contribution is 0.460. The van der Waals surface area contributed by atoms with Gasteiger partial charge in [-0.3, -0.25) is 4.99 Å². The molecule has 0 unspecified atom stereocenters. The van der Waals surface area contributed by atoms with E-state index >= 15 is 0 Å². The summed E-state index contributed by atoms with van der Waals surface area (Å²) in [5.41, 5.74) is 0.714. The topological polar surface area (TPSA) is 67.1 Å². The van der Waals surface area contributed by atoms with Gasteiger partial charge in [0.25, 0.3) is 0 Å². The van der Waals surface area contributed by atoms with Crippen molar-refractivity contribution in [1.29, 1.82) is 0 Å². The second-order valence-electron chi connectivity index (χ2n) is 7.28. The van der Waals surface area contributed by atoms with Gasteiger partial charge in [0.15, 0.2) is 11.1 Å². The molecule has 0 radical (unpaired) electrons. The summed E-state index contributed by atoms with van der Waals surface area (Å²) < 4.78 is 16.0. The first-order valence-corrected chi connectivity index (χ1v) is 11.6. The van der Waals surface area contributed by atoms with Crippen LogP contribution in [0.2, 0.25) is 0 Å². The lowest BCUT2D eigenvalue weighted by Gasteiger charge is -2.16. The SMILES string of the molecule is CN=C(NCCCc1nnc(SC)n1C1CCCC1)NCCc1ccccc1F. The van der Waals surface area contributed by atoms with Crippen LogP contribution in [0.3, 0.4) is 0 Å². The molecule has 8 heteroatoms. The van der Waals surface area contributed by atoms with Crippen molar-refractivity contribution in [3.8, 4) is 0 Å². The van der Waals surface area contributed by atoms with Crippen LogP contribution in [-0.2, 0) is 12.8 Å². The Hall–Kier alpha value is -2.09. The predicted octanol–water partition coefficient (Wildman–Crippen LogP) is 3.59. The van der Waals surface area contributed by atoms with Gasteiger partial charge in [-0.2, -0.15) is 0 Å². The van der Waals surface area contributed by atoms with Crippen LogP contribution in [0.1, 0.15) is 49.5 Å². The average Bonchev–Trinajstić information content (AvgIpc) is 3.40. The normalized spacial score (nSPS) is 15.1. The van der Waals surface area contributed by atoms with E-state index in [0.717, 1.165) is 36.3 Å². The molecule has 2 aromatic rings. The van der Waals surface area contributed by atoms with Crippen LogP contribution in [0.15, 0.2) is 34.4 Å². The fourth-order valence-corrected chi connectivity index (χ4v) is 4.41. The highest BCUT2D eigenvalue weighted by atomic mass is 32.2. The van der Waals surface area contributed by atoms with E-state index < -0.39 is 0 Å². The number of halogens is 1. The Morgan fingerprint density at radius 1 is 1.17 bits per heavy atom. The molecule has 1 aliphatic rings. The summed E-state index contributed by atoms with van der Waals surface area (Å²) in [5.74, 6) is 1.67. The number of benzene rings is 1. The molecule has 0 aliphatic heterocycles. The summed E-state index contributed by atoms with van der Waals surface area (Å²) >= 11 is 1.68. The zero-order valence-electron chi connectivity index (χ0n) is 17.3. The fourth-order valence-electron chi connectivity index (χ4n) is 3.84. The third kappa shape index (κ3) is 5.95. The molecule has 6 nitrogen and oxygen atoms in total. The first kappa shape index (κ1) is 21.6. The molecule has 1 fully saturated rings. The van der Waals surface area contributed by atoms with Crippen molar-refractivity contribution < 1.29 is 4.39 Å². The van der Waals surface area contributed by atoms with Crippen LogP contribution in [0.4, 0.5) is 4.39 Å². The predicted molar refractivity (Wildman–Crippen MR) is 117 cm³/mol. The number of thioether (sulfide) groups is 1. The molecule has 29 heavy (non-hydrogen) atoms. The Morgan fingerprint density at radius 3 is 2.66 bits per heavy atom. The molecule has 2 N–H and O–H groups in total. The van der Waals surface area contributed by atoms with Gasteiger partial charge in [-0.05, 0) is 43.6 Å². The third-order valence-electron chi connectivity index (χ3n) is 5.35. The zero-order chi connectivity index (χ0) is 20.5. The molecule has 1 aliphatic carbocycles. The summed E-state index contributed by atoms with van der Waals surface area (Å²) in [4.78, 5) is 4.25. The van der Waals surface area contributed by atoms with E-state index in [4.69, 9.17) is 0 Å². The number of hydrogen-bond acceptors (Lipinski definition) is 4. The van der Waals surface area contributed by atoms with Crippen molar-refractivity contribution in [1.82, 2.24) is 25.4 Å². The quantitative estimate of drug-likeness (QED) is 0.282. The van der Waals surface area contributed by atoms with Crippen molar-refractivity contribution in [2.45, 2.75) is 56.1 Å². The molecule has 0 amide bonds. The Balaban J connectivity index is 1.42. The molecular weight excluding hydrogens is 387 g/mol. The third-order valence-corrected chi connectivity index (χ3v) is 5.99. The smallest absolute Gasteiger partial charge is 0.191 e. The Morgan fingerprint density at radius 2 is 1.93 bits per heavy atom. The number of nitrogens with zero attached hydrogens (tertiary/aromatic N) is 4. The maximum Gasteiger partial charge on any atom is 0.191 e. The van der Waals surface area contributed by atoms with Gasteiger partial charge < -0.3 is 15.2 Å². The van der Waals surface area contributed by atoms with Gasteiger partial charge in [-0.1, -0.05) is 42.8 Å². The van der Waals surface area contributed by atoms with Gasteiger partial charge in [0.05, 0.1) is 0 Å². The number of aliphatic imine (C=N–C) groups is 1. The second kappa shape index (κ2) is 11.2. The number of hydrogen-bond donors (Lipinski definition) is 2. The van der Waals surface area contributed by atoms with Gasteiger partial charge in [0.2, 0.25) is 0 Å². The summed E-state index contributed by atoms with van der Waals surface area (Å²) in [6, 6.07) is 7.44. The molecule has 0 bridgehead atoms. The first-order valence-electron chi connectivity index (χ1n) is 10.4. The highest BCUT2D eigenvalue weighted by molar-refractivity contribution is 7.98. The number of nitrogens with one attached hydrogen (secondary N) is 2. The van der Waals surface area contributed by atoms with Gasteiger partial charge >= 0.3 is 0 Å². The van der Waals surface area contributed by atoms with Crippen LogP contribution in [0.5, 0.6) is 0 Å². The van der Waals surface area contributed by atoms with E-state index in [1.54, 1.807) is 24.9 Å². The van der Waals surface area contributed by atoms with Crippen molar-refractivity contribution in [2.75, 3.05) is 26.4 Å². The molecule has 158 valence electrons. The molecule has 0 atom stereocenters. The maximum absolute atomic E-state index is 13.7. The van der Waals surface area contributed by atoms with Gasteiger partial charge in [0, 0.05) is 32.6 Å². The molecule has 1 aromatic carbocycles. The van der Waals surface area contributed by atoms with E-state index in [-0.39, 0.29) is 5.82 Å². The minimum Gasteiger partial charge on any atom is -0.356 e. The molecule has 3 rings (SSSR count). The molecule has 1 aromatic heterocycles. The van der Waals surface area contributed by atoms with Crippen LogP contribution < -0.4 is 10.6 Å². The number of guanidine groups is 1. The van der Waals surface area contributed by atoms with E-state index in [1.807, 2.05) is 12.1 Å². The highest BCUT2D eigenvalue weighted by Crippen LogP contribution is 2.33. The van der Waals surface area contributed by atoms with E-state index in [1.165, 1.54) is 31.7 Å². The number of aromatic nitrogens is 3. The van der Waals surface area contributed by atoms with E-state index in [9.17, 15) is 4.39 Å². The first-order chi connectivity index (χ1) is 14.2. The lowest BCUT2D eigenvalue weighted by atomic mass is 10.1. The fraction of sp³-hybridized carbons (Fsp3) is 0.571. The minimum absolute atomic E-state index is 0.159. The van der Waals surface area contributed by atoms with Crippen LogP contribution >= 0.6 is 11.8 Å². The van der Waals surface area contributed by atoms with Crippen molar-refractivity contribution in [3.63, 3.8) is 0 Å².